The van der Waals surface area contributed by atoms with Gasteiger partial charge in [0.2, 0.25) is 0 Å². The van der Waals surface area contributed by atoms with E-state index in [0.29, 0.717) is 5.69 Å². The minimum Gasteiger partial charge on any atom is -0.459 e. The number of benzene rings is 2. The summed E-state index contributed by atoms with van der Waals surface area (Å²) in [5, 5.41) is 5.36. The lowest BCUT2D eigenvalue weighted by atomic mass is 10.1. The summed E-state index contributed by atoms with van der Waals surface area (Å²) in [5.74, 6) is -1.63. The van der Waals surface area contributed by atoms with Crippen molar-refractivity contribution in [1.82, 2.24) is 5.32 Å². The Morgan fingerprint density at radius 1 is 1.00 bits per heavy atom. The molecule has 1 atom stereocenters. The van der Waals surface area contributed by atoms with Gasteiger partial charge in [0.05, 0.1) is 6.26 Å². The van der Waals surface area contributed by atoms with E-state index in [9.17, 15) is 14.4 Å². The first kappa shape index (κ1) is 21.8. The van der Waals surface area contributed by atoms with Gasteiger partial charge in [0.1, 0.15) is 6.04 Å². The van der Waals surface area contributed by atoms with Gasteiger partial charge in [-0.3, -0.25) is 9.59 Å². The third kappa shape index (κ3) is 6.30. The van der Waals surface area contributed by atoms with Crippen LogP contribution in [0.4, 0.5) is 5.69 Å². The fourth-order valence-corrected chi connectivity index (χ4v) is 2.97. The highest BCUT2D eigenvalue weighted by Crippen LogP contribution is 2.16. The van der Waals surface area contributed by atoms with Gasteiger partial charge in [0, 0.05) is 12.1 Å². The van der Waals surface area contributed by atoms with Crippen LogP contribution in [0.5, 0.6) is 0 Å². The van der Waals surface area contributed by atoms with Crippen molar-refractivity contribution in [3.05, 3.63) is 89.4 Å². The molecule has 0 radical (unpaired) electrons. The van der Waals surface area contributed by atoms with E-state index in [1.807, 2.05) is 62.4 Å². The summed E-state index contributed by atoms with van der Waals surface area (Å²) < 4.78 is 10.3. The molecule has 0 bridgehead atoms. The Hall–Kier alpha value is -3.87. The van der Waals surface area contributed by atoms with Crippen LogP contribution in [0.3, 0.4) is 0 Å². The van der Waals surface area contributed by atoms with Gasteiger partial charge in [-0.05, 0) is 48.7 Å². The number of hydrogen-bond donors (Lipinski definition) is 2. The third-order valence-corrected chi connectivity index (χ3v) is 4.63. The van der Waals surface area contributed by atoms with Gasteiger partial charge in [-0.1, -0.05) is 42.5 Å². The van der Waals surface area contributed by atoms with Gasteiger partial charge >= 0.3 is 5.97 Å². The third-order valence-electron chi connectivity index (χ3n) is 4.63. The second-order valence-electron chi connectivity index (χ2n) is 7.17. The molecule has 2 aromatic carbocycles. The first-order chi connectivity index (χ1) is 14.9. The Bertz CT molecular complexity index is 1050. The number of amides is 2. The molecule has 2 N–H and O–H groups in total. The summed E-state index contributed by atoms with van der Waals surface area (Å²) in [6.45, 7) is 3.33. The molecule has 0 saturated carbocycles. The predicted octanol–water partition coefficient (Wildman–Crippen LogP) is 3.42. The largest absolute Gasteiger partial charge is 0.459 e. The topological polar surface area (TPSA) is 97.6 Å². The molecule has 0 unspecified atom stereocenters. The first-order valence-corrected chi connectivity index (χ1v) is 9.84. The van der Waals surface area contributed by atoms with Gasteiger partial charge in [0.15, 0.2) is 12.4 Å². The number of anilines is 1. The fraction of sp³-hybridized carbons (Fsp3) is 0.208. The van der Waals surface area contributed by atoms with E-state index < -0.39 is 30.4 Å². The Morgan fingerprint density at radius 3 is 2.48 bits per heavy atom. The SMILES string of the molecule is Cc1ccc(C)c(NC(=O)COC(=O)[C@H](Cc2ccccc2)NC(=O)c2ccco2)c1. The van der Waals surface area contributed by atoms with Crippen molar-refractivity contribution in [2.24, 2.45) is 0 Å². The number of hydrogen-bond acceptors (Lipinski definition) is 5. The summed E-state index contributed by atoms with van der Waals surface area (Å²) in [7, 11) is 0. The first-order valence-electron chi connectivity index (χ1n) is 9.84. The molecule has 31 heavy (non-hydrogen) atoms. The van der Waals surface area contributed by atoms with Crippen molar-refractivity contribution in [2.75, 3.05) is 11.9 Å². The molecule has 0 aliphatic rings. The van der Waals surface area contributed by atoms with Crippen molar-refractivity contribution in [3.63, 3.8) is 0 Å². The molecule has 2 amide bonds. The lowest BCUT2D eigenvalue weighted by molar-refractivity contribution is -0.149. The number of ether oxygens (including phenoxy) is 1. The monoisotopic (exact) mass is 420 g/mol. The van der Waals surface area contributed by atoms with Crippen LogP contribution in [0.15, 0.2) is 71.3 Å². The zero-order valence-corrected chi connectivity index (χ0v) is 17.4. The van der Waals surface area contributed by atoms with Crippen molar-refractivity contribution < 1.29 is 23.5 Å². The van der Waals surface area contributed by atoms with Crippen LogP contribution in [0.1, 0.15) is 27.2 Å². The zero-order chi connectivity index (χ0) is 22.2. The van der Waals surface area contributed by atoms with Gasteiger partial charge < -0.3 is 19.8 Å². The van der Waals surface area contributed by atoms with Crippen molar-refractivity contribution >= 4 is 23.5 Å². The predicted molar refractivity (Wildman–Crippen MR) is 116 cm³/mol. The second kappa shape index (κ2) is 10.2. The molecule has 0 spiro atoms. The van der Waals surface area contributed by atoms with Crippen LogP contribution >= 0.6 is 0 Å². The molecule has 3 rings (SSSR count). The molecule has 1 aromatic heterocycles. The molecule has 0 saturated heterocycles. The van der Waals surface area contributed by atoms with E-state index in [2.05, 4.69) is 10.6 Å². The van der Waals surface area contributed by atoms with Crippen LogP contribution < -0.4 is 10.6 Å². The van der Waals surface area contributed by atoms with Crippen molar-refractivity contribution in [2.45, 2.75) is 26.3 Å². The van der Waals surface area contributed by atoms with Crippen molar-refractivity contribution in [3.8, 4) is 0 Å². The number of aryl methyl sites for hydroxylation is 2. The quantitative estimate of drug-likeness (QED) is 0.544. The maximum absolute atomic E-state index is 12.7. The molecule has 7 heteroatoms. The molecule has 0 aliphatic heterocycles. The van der Waals surface area contributed by atoms with E-state index in [1.54, 1.807) is 6.07 Å². The average Bonchev–Trinajstić information content (AvgIpc) is 3.30. The summed E-state index contributed by atoms with van der Waals surface area (Å²) >= 11 is 0. The Balaban J connectivity index is 1.63. The lowest BCUT2D eigenvalue weighted by Gasteiger charge is -2.17. The highest BCUT2D eigenvalue weighted by molar-refractivity contribution is 5.96. The molecule has 0 aliphatic carbocycles. The molecular formula is C24H24N2O5. The summed E-state index contributed by atoms with van der Waals surface area (Å²) in [6.07, 6.45) is 1.59. The fourth-order valence-electron chi connectivity index (χ4n) is 2.97. The van der Waals surface area contributed by atoms with Gasteiger partial charge in [-0.2, -0.15) is 0 Å². The number of carbonyl (C=O) groups is 3. The molecular weight excluding hydrogens is 396 g/mol. The van der Waals surface area contributed by atoms with Crippen LogP contribution in [0, 0.1) is 13.8 Å². The minimum atomic E-state index is -0.978. The Morgan fingerprint density at radius 2 is 1.77 bits per heavy atom. The molecule has 7 nitrogen and oxygen atoms in total. The summed E-state index contributed by atoms with van der Waals surface area (Å²) in [6, 6.07) is 17.0. The van der Waals surface area contributed by atoms with Gasteiger partial charge in [0.25, 0.3) is 11.8 Å². The minimum absolute atomic E-state index is 0.0820. The van der Waals surface area contributed by atoms with Gasteiger partial charge in [-0.25, -0.2) is 4.79 Å². The molecule has 1 heterocycles. The maximum Gasteiger partial charge on any atom is 0.329 e. The smallest absolute Gasteiger partial charge is 0.329 e. The normalized spacial score (nSPS) is 11.4. The van der Waals surface area contributed by atoms with Crippen LogP contribution in [0.25, 0.3) is 0 Å². The van der Waals surface area contributed by atoms with E-state index in [4.69, 9.17) is 9.15 Å². The van der Waals surface area contributed by atoms with Crippen molar-refractivity contribution in [1.29, 1.82) is 0 Å². The van der Waals surface area contributed by atoms with Crippen LogP contribution in [-0.2, 0) is 20.7 Å². The molecule has 0 fully saturated rings. The van der Waals surface area contributed by atoms with Crippen LogP contribution in [0.2, 0.25) is 0 Å². The Labute approximate surface area is 180 Å². The standard InChI is InChI=1S/C24H24N2O5/c1-16-10-11-17(2)19(13-16)25-22(27)15-31-24(29)20(14-18-7-4-3-5-8-18)26-23(28)21-9-6-12-30-21/h3-13,20H,14-15H2,1-2H3,(H,25,27)(H,26,28)/t20-/m0/s1. The van der Waals surface area contributed by atoms with E-state index in [0.717, 1.165) is 16.7 Å². The second-order valence-corrected chi connectivity index (χ2v) is 7.17. The zero-order valence-electron chi connectivity index (χ0n) is 17.4. The number of esters is 1. The molecule has 160 valence electrons. The highest BCUT2D eigenvalue weighted by atomic mass is 16.5. The average molecular weight is 420 g/mol. The number of nitrogens with one attached hydrogen (secondary N) is 2. The summed E-state index contributed by atoms with van der Waals surface area (Å²) in [4.78, 5) is 37.3. The van der Waals surface area contributed by atoms with E-state index in [1.165, 1.54) is 12.3 Å². The maximum atomic E-state index is 12.7. The number of carbonyl (C=O) groups excluding carboxylic acids is 3. The van der Waals surface area contributed by atoms with E-state index in [-0.39, 0.29) is 12.2 Å². The molecule has 3 aromatic rings. The Kier molecular flexibility index (Phi) is 7.22. The lowest BCUT2D eigenvalue weighted by Crippen LogP contribution is -2.44. The van der Waals surface area contributed by atoms with E-state index >= 15 is 0 Å². The summed E-state index contributed by atoms with van der Waals surface area (Å²) in [5.41, 5.74) is 3.40. The highest BCUT2D eigenvalue weighted by Gasteiger charge is 2.25. The van der Waals surface area contributed by atoms with Crippen LogP contribution in [-0.4, -0.2) is 30.4 Å². The number of furan rings is 1. The van der Waals surface area contributed by atoms with Gasteiger partial charge in [-0.15, -0.1) is 0 Å². The number of rotatable bonds is 8.